The molecule has 0 aliphatic heterocycles. The number of ketones is 1. The second-order valence-electron chi connectivity index (χ2n) is 4.38. The summed E-state index contributed by atoms with van der Waals surface area (Å²) in [5.41, 5.74) is 11.4. The van der Waals surface area contributed by atoms with Gasteiger partial charge >= 0.3 is 5.97 Å². The molecule has 104 valence electrons. The summed E-state index contributed by atoms with van der Waals surface area (Å²) in [6.45, 7) is -0.0122. The van der Waals surface area contributed by atoms with E-state index in [4.69, 9.17) is 16.6 Å². The Labute approximate surface area is 110 Å². The molecule has 0 saturated carbocycles. The Kier molecular flexibility index (Phi) is 5.59. The lowest BCUT2D eigenvalue weighted by molar-refractivity contribution is -0.143. The third-order valence-corrected chi connectivity index (χ3v) is 2.86. The highest BCUT2D eigenvalue weighted by Crippen LogP contribution is 2.14. The Bertz CT molecular complexity index is 448. The Hall–Kier alpha value is -1.79. The number of carbonyl (C=O) groups is 2. The highest BCUT2D eigenvalue weighted by molar-refractivity contribution is 5.87. The number of carboxylic acids is 1. The molecule has 1 aromatic carbocycles. The highest BCUT2D eigenvalue weighted by atomic mass is 19.1. The number of nitrogens with two attached hydrogens (primary N) is 2. The average Bonchev–Trinajstić information content (AvgIpc) is 2.39. The summed E-state index contributed by atoms with van der Waals surface area (Å²) in [6.07, 6.45) is -0.0241. The lowest BCUT2D eigenvalue weighted by Crippen LogP contribution is -2.39. The van der Waals surface area contributed by atoms with Gasteiger partial charge in [0, 0.05) is 13.0 Å². The number of hydrogen-bond acceptors (Lipinski definition) is 4. The lowest BCUT2D eigenvalue weighted by atomic mass is 9.92. The first-order chi connectivity index (χ1) is 8.93. The van der Waals surface area contributed by atoms with Gasteiger partial charge in [0.2, 0.25) is 0 Å². The van der Waals surface area contributed by atoms with Crippen molar-refractivity contribution in [1.29, 1.82) is 0 Å². The summed E-state index contributed by atoms with van der Waals surface area (Å²) in [5.74, 6) is -2.73. The zero-order valence-electron chi connectivity index (χ0n) is 10.4. The van der Waals surface area contributed by atoms with E-state index in [0.717, 1.165) is 0 Å². The van der Waals surface area contributed by atoms with Crippen molar-refractivity contribution in [2.24, 2.45) is 17.4 Å². The average molecular weight is 268 g/mol. The minimum absolute atomic E-state index is 0.0122. The van der Waals surface area contributed by atoms with Gasteiger partial charge in [0.15, 0.2) is 5.78 Å². The molecule has 0 amide bonds. The second kappa shape index (κ2) is 6.96. The maximum absolute atomic E-state index is 12.7. The van der Waals surface area contributed by atoms with E-state index in [9.17, 15) is 14.0 Å². The van der Waals surface area contributed by atoms with Crippen LogP contribution in [0.25, 0.3) is 0 Å². The normalized spacial score (nSPS) is 13.8. The van der Waals surface area contributed by atoms with Gasteiger partial charge in [0.05, 0.1) is 12.0 Å². The van der Waals surface area contributed by atoms with E-state index in [2.05, 4.69) is 0 Å². The monoisotopic (exact) mass is 268 g/mol. The lowest BCUT2D eigenvalue weighted by Gasteiger charge is -2.14. The molecule has 0 spiro atoms. The van der Waals surface area contributed by atoms with Crippen LogP contribution in [0.1, 0.15) is 12.0 Å². The largest absolute Gasteiger partial charge is 0.481 e. The van der Waals surface area contributed by atoms with Gasteiger partial charge in [-0.05, 0) is 24.1 Å². The molecule has 19 heavy (non-hydrogen) atoms. The fraction of sp³-hybridized carbons (Fsp3) is 0.385. The minimum atomic E-state index is -1.08. The predicted molar refractivity (Wildman–Crippen MR) is 67.9 cm³/mol. The van der Waals surface area contributed by atoms with Crippen LogP contribution in [0.2, 0.25) is 0 Å². The first-order valence-electron chi connectivity index (χ1n) is 5.89. The molecule has 1 aromatic rings. The Morgan fingerprint density at radius 2 is 1.84 bits per heavy atom. The maximum Gasteiger partial charge on any atom is 0.307 e. The van der Waals surface area contributed by atoms with Gasteiger partial charge in [-0.3, -0.25) is 9.59 Å². The Balaban J connectivity index is 2.71. The molecule has 6 heteroatoms. The number of hydrogen-bond donors (Lipinski definition) is 3. The quantitative estimate of drug-likeness (QED) is 0.660. The van der Waals surface area contributed by atoms with Crippen LogP contribution in [-0.4, -0.2) is 29.4 Å². The zero-order chi connectivity index (χ0) is 14.4. The highest BCUT2D eigenvalue weighted by Gasteiger charge is 2.24. The van der Waals surface area contributed by atoms with Crippen LogP contribution in [-0.2, 0) is 16.0 Å². The molecule has 0 saturated heterocycles. The van der Waals surface area contributed by atoms with Crippen molar-refractivity contribution in [2.75, 3.05) is 6.54 Å². The molecule has 0 aliphatic rings. The second-order valence-corrected chi connectivity index (χ2v) is 4.38. The topological polar surface area (TPSA) is 106 Å². The molecular weight excluding hydrogens is 251 g/mol. The van der Waals surface area contributed by atoms with Crippen LogP contribution in [0, 0.1) is 11.7 Å². The van der Waals surface area contributed by atoms with E-state index in [-0.39, 0.29) is 25.2 Å². The molecular formula is C13H17FN2O3. The third kappa shape index (κ3) is 4.76. The first-order valence-corrected chi connectivity index (χ1v) is 5.89. The van der Waals surface area contributed by atoms with E-state index in [1.54, 1.807) is 0 Å². The van der Waals surface area contributed by atoms with Crippen molar-refractivity contribution in [2.45, 2.75) is 18.9 Å². The minimum Gasteiger partial charge on any atom is -0.481 e. The van der Waals surface area contributed by atoms with Crippen LogP contribution in [0.5, 0.6) is 0 Å². The Morgan fingerprint density at radius 3 is 2.32 bits per heavy atom. The van der Waals surface area contributed by atoms with Crippen molar-refractivity contribution in [1.82, 2.24) is 0 Å². The zero-order valence-corrected chi connectivity index (χ0v) is 10.4. The van der Waals surface area contributed by atoms with Gasteiger partial charge in [-0.1, -0.05) is 12.1 Å². The molecule has 0 heterocycles. The standard InChI is InChI=1S/C13H17FN2O3/c14-10-3-1-8(2-4-10)5-9(13(18)19)6-12(17)11(16)7-15/h1-4,9,11H,5-7,15-16H2,(H,18,19)/t9?,11-/m1/s1. The summed E-state index contributed by atoms with van der Waals surface area (Å²) >= 11 is 0. The molecule has 2 atom stereocenters. The summed E-state index contributed by atoms with van der Waals surface area (Å²) in [5, 5.41) is 9.09. The fourth-order valence-corrected chi connectivity index (χ4v) is 1.68. The van der Waals surface area contributed by atoms with Crippen LogP contribution in [0.15, 0.2) is 24.3 Å². The maximum atomic E-state index is 12.7. The van der Waals surface area contributed by atoms with Crippen LogP contribution >= 0.6 is 0 Å². The summed E-state index contributed by atoms with van der Waals surface area (Å²) in [4.78, 5) is 22.7. The van der Waals surface area contributed by atoms with Gasteiger partial charge in [0.1, 0.15) is 5.82 Å². The van der Waals surface area contributed by atoms with Crippen LogP contribution in [0.3, 0.4) is 0 Å². The van der Waals surface area contributed by atoms with Crippen molar-refractivity contribution in [3.05, 3.63) is 35.6 Å². The van der Waals surface area contributed by atoms with E-state index < -0.39 is 23.7 Å². The van der Waals surface area contributed by atoms with Crippen LogP contribution < -0.4 is 11.5 Å². The molecule has 0 fully saturated rings. The molecule has 0 aromatic heterocycles. The van der Waals surface area contributed by atoms with Crippen molar-refractivity contribution in [3.63, 3.8) is 0 Å². The SMILES string of the molecule is NC[C@@H](N)C(=O)CC(Cc1ccc(F)cc1)C(=O)O. The molecule has 5 N–H and O–H groups in total. The number of aliphatic carboxylic acids is 1. The predicted octanol–water partition coefficient (Wildman–Crippen LogP) is 0.314. The smallest absolute Gasteiger partial charge is 0.307 e. The van der Waals surface area contributed by atoms with Crippen molar-refractivity contribution >= 4 is 11.8 Å². The molecule has 1 rings (SSSR count). The molecule has 0 radical (unpaired) electrons. The number of benzene rings is 1. The van der Waals surface area contributed by atoms with E-state index in [1.807, 2.05) is 0 Å². The number of carboxylic acid groups (broad SMARTS) is 1. The van der Waals surface area contributed by atoms with Gasteiger partial charge < -0.3 is 16.6 Å². The third-order valence-electron chi connectivity index (χ3n) is 2.86. The molecule has 1 unspecified atom stereocenters. The van der Waals surface area contributed by atoms with Crippen molar-refractivity contribution < 1.29 is 19.1 Å². The fourth-order valence-electron chi connectivity index (χ4n) is 1.68. The number of carbonyl (C=O) groups excluding carboxylic acids is 1. The number of Topliss-reactive ketones (excluding diaryl/α,β-unsaturated/α-hetero) is 1. The van der Waals surface area contributed by atoms with E-state index in [1.165, 1.54) is 24.3 Å². The molecule has 5 nitrogen and oxygen atoms in total. The number of halogens is 1. The van der Waals surface area contributed by atoms with E-state index >= 15 is 0 Å². The Morgan fingerprint density at radius 1 is 1.26 bits per heavy atom. The summed E-state index contributed by atoms with van der Waals surface area (Å²) < 4.78 is 12.7. The molecule has 0 bridgehead atoms. The van der Waals surface area contributed by atoms with Crippen LogP contribution in [0.4, 0.5) is 4.39 Å². The first kappa shape index (κ1) is 15.3. The van der Waals surface area contributed by atoms with Gasteiger partial charge in [-0.25, -0.2) is 4.39 Å². The van der Waals surface area contributed by atoms with Gasteiger partial charge in [-0.15, -0.1) is 0 Å². The number of rotatable bonds is 7. The van der Waals surface area contributed by atoms with E-state index in [0.29, 0.717) is 5.56 Å². The van der Waals surface area contributed by atoms with Gasteiger partial charge in [-0.2, -0.15) is 0 Å². The molecule has 0 aliphatic carbocycles. The summed E-state index contributed by atoms with van der Waals surface area (Å²) in [6, 6.07) is 4.66. The van der Waals surface area contributed by atoms with Crippen molar-refractivity contribution in [3.8, 4) is 0 Å². The summed E-state index contributed by atoms with van der Waals surface area (Å²) in [7, 11) is 0. The van der Waals surface area contributed by atoms with Gasteiger partial charge in [0.25, 0.3) is 0 Å².